The van der Waals surface area contributed by atoms with Crippen LogP contribution in [0.15, 0.2) is 53.7 Å². The fraction of sp³-hybridized carbons (Fsp3) is 0.263. The van der Waals surface area contributed by atoms with E-state index >= 15 is 0 Å². The number of aryl methyl sites for hydroxylation is 2. The molecule has 1 heterocycles. The molecule has 3 rings (SSSR count). The summed E-state index contributed by atoms with van der Waals surface area (Å²) in [6.07, 6.45) is 0. The first-order valence-electron chi connectivity index (χ1n) is 8.02. The number of ether oxygens (including phenoxy) is 1. The molecule has 0 N–H and O–H groups in total. The van der Waals surface area contributed by atoms with Crippen LogP contribution in [0.3, 0.4) is 0 Å². The summed E-state index contributed by atoms with van der Waals surface area (Å²) in [7, 11) is 0. The maximum Gasteiger partial charge on any atom is 0.196 e. The molecule has 124 valence electrons. The highest BCUT2D eigenvalue weighted by atomic mass is 32.2. The lowest BCUT2D eigenvalue weighted by Gasteiger charge is -2.12. The van der Waals surface area contributed by atoms with Crippen molar-refractivity contribution in [3.63, 3.8) is 0 Å². The minimum atomic E-state index is 0.667. The fourth-order valence-electron chi connectivity index (χ4n) is 2.59. The van der Waals surface area contributed by atoms with Gasteiger partial charge in [-0.1, -0.05) is 48.2 Å². The van der Waals surface area contributed by atoms with E-state index < -0.39 is 0 Å². The van der Waals surface area contributed by atoms with Crippen molar-refractivity contribution < 1.29 is 4.74 Å². The van der Waals surface area contributed by atoms with E-state index in [2.05, 4.69) is 39.9 Å². The molecule has 0 aliphatic rings. The monoisotopic (exact) mass is 339 g/mol. The zero-order chi connectivity index (χ0) is 16.9. The van der Waals surface area contributed by atoms with Gasteiger partial charge in [0, 0.05) is 11.3 Å². The molecule has 24 heavy (non-hydrogen) atoms. The second-order valence-corrected chi connectivity index (χ2v) is 6.42. The van der Waals surface area contributed by atoms with E-state index in [1.165, 1.54) is 11.1 Å². The van der Waals surface area contributed by atoms with E-state index in [1.807, 2.05) is 44.2 Å². The molecular formula is C19H21N3OS. The van der Waals surface area contributed by atoms with Gasteiger partial charge in [0.05, 0.1) is 12.3 Å². The van der Waals surface area contributed by atoms with Crippen molar-refractivity contribution in [2.45, 2.75) is 31.7 Å². The van der Waals surface area contributed by atoms with Crippen LogP contribution < -0.4 is 4.74 Å². The molecule has 4 nitrogen and oxygen atoms in total. The highest BCUT2D eigenvalue weighted by molar-refractivity contribution is 7.98. The molecular weight excluding hydrogens is 318 g/mol. The van der Waals surface area contributed by atoms with Crippen LogP contribution in [-0.2, 0) is 5.75 Å². The summed E-state index contributed by atoms with van der Waals surface area (Å²) in [6.45, 7) is 6.76. The number of aromatic nitrogens is 3. The number of hydrogen-bond acceptors (Lipinski definition) is 4. The molecule has 0 fully saturated rings. The Labute approximate surface area is 146 Å². The molecule has 3 aromatic rings. The van der Waals surface area contributed by atoms with Crippen LogP contribution in [0.25, 0.3) is 5.69 Å². The Bertz CT molecular complexity index is 829. The zero-order valence-electron chi connectivity index (χ0n) is 14.2. The van der Waals surface area contributed by atoms with Crippen molar-refractivity contribution >= 4 is 11.8 Å². The van der Waals surface area contributed by atoms with E-state index in [0.29, 0.717) is 6.61 Å². The Kier molecular flexibility index (Phi) is 5.20. The predicted octanol–water partition coefficient (Wildman–Crippen LogP) is 4.58. The summed E-state index contributed by atoms with van der Waals surface area (Å²) in [4.78, 5) is 0. The standard InChI is InChI=1S/C19H21N3OS/c1-4-23-18-12-8-6-10-16(18)13-24-19-21-20-15(3)22(19)17-11-7-5-9-14(17)2/h5-12H,4,13H2,1-3H3. The van der Waals surface area contributed by atoms with E-state index in [-0.39, 0.29) is 0 Å². The smallest absolute Gasteiger partial charge is 0.196 e. The van der Waals surface area contributed by atoms with Crippen LogP contribution in [0.2, 0.25) is 0 Å². The SMILES string of the molecule is CCOc1ccccc1CSc1nnc(C)n1-c1ccccc1C. The van der Waals surface area contributed by atoms with Crippen molar-refractivity contribution in [2.75, 3.05) is 6.61 Å². The third kappa shape index (κ3) is 3.46. The van der Waals surface area contributed by atoms with Gasteiger partial charge in [0.25, 0.3) is 0 Å². The van der Waals surface area contributed by atoms with E-state index in [0.717, 1.165) is 28.2 Å². The third-order valence-electron chi connectivity index (χ3n) is 3.78. The third-order valence-corrected chi connectivity index (χ3v) is 4.76. The molecule has 0 radical (unpaired) electrons. The minimum Gasteiger partial charge on any atom is -0.494 e. The van der Waals surface area contributed by atoms with Gasteiger partial charge in [-0.25, -0.2) is 0 Å². The molecule has 0 saturated heterocycles. The first-order chi connectivity index (χ1) is 11.7. The molecule has 2 aromatic carbocycles. The first kappa shape index (κ1) is 16.6. The largest absolute Gasteiger partial charge is 0.494 e. The summed E-state index contributed by atoms with van der Waals surface area (Å²) in [6, 6.07) is 16.4. The van der Waals surface area contributed by atoms with Crippen LogP contribution in [-0.4, -0.2) is 21.4 Å². The van der Waals surface area contributed by atoms with Gasteiger partial charge in [-0.15, -0.1) is 10.2 Å². The molecule has 0 unspecified atom stereocenters. The van der Waals surface area contributed by atoms with Crippen LogP contribution >= 0.6 is 11.8 Å². The van der Waals surface area contributed by atoms with E-state index in [1.54, 1.807) is 11.8 Å². The van der Waals surface area contributed by atoms with Crippen molar-refractivity contribution in [3.8, 4) is 11.4 Å². The summed E-state index contributed by atoms with van der Waals surface area (Å²) in [5.74, 6) is 2.62. The number of thioether (sulfide) groups is 1. The quantitative estimate of drug-likeness (QED) is 0.617. The minimum absolute atomic E-state index is 0.667. The van der Waals surface area contributed by atoms with Gasteiger partial charge in [0.1, 0.15) is 11.6 Å². The van der Waals surface area contributed by atoms with E-state index in [4.69, 9.17) is 4.74 Å². The van der Waals surface area contributed by atoms with Gasteiger partial charge < -0.3 is 4.74 Å². The Morgan fingerprint density at radius 3 is 2.54 bits per heavy atom. The lowest BCUT2D eigenvalue weighted by molar-refractivity contribution is 0.337. The summed E-state index contributed by atoms with van der Waals surface area (Å²) >= 11 is 1.67. The maximum absolute atomic E-state index is 5.71. The number of nitrogens with zero attached hydrogens (tertiary/aromatic N) is 3. The van der Waals surface area contributed by atoms with Crippen molar-refractivity contribution in [1.29, 1.82) is 0 Å². The second kappa shape index (κ2) is 7.53. The van der Waals surface area contributed by atoms with Gasteiger partial charge in [-0.05, 0) is 38.5 Å². The predicted molar refractivity (Wildman–Crippen MR) is 98.0 cm³/mol. The highest BCUT2D eigenvalue weighted by Gasteiger charge is 2.14. The number of rotatable bonds is 6. The summed E-state index contributed by atoms with van der Waals surface area (Å²) in [5, 5.41) is 9.52. The Morgan fingerprint density at radius 1 is 1.00 bits per heavy atom. The summed E-state index contributed by atoms with van der Waals surface area (Å²) in [5.41, 5.74) is 3.50. The Hall–Kier alpha value is -2.27. The molecule has 0 aliphatic heterocycles. The Morgan fingerprint density at radius 2 is 1.75 bits per heavy atom. The van der Waals surface area contributed by atoms with Crippen LogP contribution in [0, 0.1) is 13.8 Å². The molecule has 0 amide bonds. The molecule has 0 aliphatic carbocycles. The van der Waals surface area contributed by atoms with Gasteiger partial charge in [-0.2, -0.15) is 0 Å². The molecule has 5 heteroatoms. The van der Waals surface area contributed by atoms with Gasteiger partial charge in [-0.3, -0.25) is 4.57 Å². The normalized spacial score (nSPS) is 10.8. The second-order valence-electron chi connectivity index (χ2n) is 5.48. The van der Waals surface area contributed by atoms with Crippen LogP contribution in [0.4, 0.5) is 0 Å². The van der Waals surface area contributed by atoms with E-state index in [9.17, 15) is 0 Å². The average Bonchev–Trinajstić information content (AvgIpc) is 2.95. The van der Waals surface area contributed by atoms with Gasteiger partial charge in [0.15, 0.2) is 5.16 Å². The fourth-order valence-corrected chi connectivity index (χ4v) is 3.57. The van der Waals surface area contributed by atoms with Gasteiger partial charge >= 0.3 is 0 Å². The number of benzene rings is 2. The number of hydrogen-bond donors (Lipinski definition) is 0. The van der Waals surface area contributed by atoms with Crippen LogP contribution in [0.1, 0.15) is 23.9 Å². The van der Waals surface area contributed by atoms with Crippen LogP contribution in [0.5, 0.6) is 5.75 Å². The highest BCUT2D eigenvalue weighted by Crippen LogP contribution is 2.29. The number of para-hydroxylation sites is 2. The summed E-state index contributed by atoms with van der Waals surface area (Å²) < 4.78 is 7.82. The maximum atomic E-state index is 5.71. The molecule has 0 saturated carbocycles. The van der Waals surface area contributed by atoms with Crippen molar-refractivity contribution in [2.24, 2.45) is 0 Å². The van der Waals surface area contributed by atoms with Gasteiger partial charge in [0.2, 0.25) is 0 Å². The lowest BCUT2D eigenvalue weighted by atomic mass is 10.2. The lowest BCUT2D eigenvalue weighted by Crippen LogP contribution is -2.02. The topological polar surface area (TPSA) is 39.9 Å². The van der Waals surface area contributed by atoms with Crippen molar-refractivity contribution in [1.82, 2.24) is 14.8 Å². The average molecular weight is 339 g/mol. The van der Waals surface area contributed by atoms with Crippen molar-refractivity contribution in [3.05, 3.63) is 65.5 Å². The molecule has 0 bridgehead atoms. The Balaban J connectivity index is 1.87. The molecule has 1 aromatic heterocycles. The molecule has 0 atom stereocenters. The first-order valence-corrected chi connectivity index (χ1v) is 9.00. The molecule has 0 spiro atoms. The zero-order valence-corrected chi connectivity index (χ0v) is 15.0.